The molecule has 0 atom stereocenters. The second kappa shape index (κ2) is 6.45. The third-order valence-corrected chi connectivity index (χ3v) is 4.70. The van der Waals surface area contributed by atoms with Crippen LogP contribution in [0.3, 0.4) is 0 Å². The van der Waals surface area contributed by atoms with Gasteiger partial charge in [-0.15, -0.1) is 10.2 Å². The molecule has 4 rings (SSSR count). The fourth-order valence-corrected chi connectivity index (χ4v) is 3.16. The second-order valence-corrected chi connectivity index (χ2v) is 6.55. The van der Waals surface area contributed by atoms with Crippen molar-refractivity contribution >= 4 is 28.8 Å². The van der Waals surface area contributed by atoms with Crippen LogP contribution in [0.1, 0.15) is 16.2 Å². The molecule has 1 aliphatic rings. The quantitative estimate of drug-likeness (QED) is 0.750. The molecule has 4 heterocycles. The molecule has 1 N–H and O–H groups in total. The van der Waals surface area contributed by atoms with Gasteiger partial charge in [0.1, 0.15) is 5.82 Å². The molecule has 1 saturated heterocycles. The van der Waals surface area contributed by atoms with E-state index in [1.165, 1.54) is 0 Å². The van der Waals surface area contributed by atoms with Crippen molar-refractivity contribution in [1.29, 1.82) is 0 Å². The van der Waals surface area contributed by atoms with E-state index >= 15 is 0 Å². The van der Waals surface area contributed by atoms with Gasteiger partial charge in [-0.25, -0.2) is 4.98 Å². The minimum Gasteiger partial charge on any atom is -0.481 e. The molecule has 1 aliphatic heterocycles. The number of amides is 1. The number of aryl methyl sites for hydroxylation is 1. The van der Waals surface area contributed by atoms with Crippen LogP contribution < -0.4 is 15.0 Å². The number of methoxy groups -OCH3 is 1. The zero-order valence-electron chi connectivity index (χ0n) is 14.3. The molecule has 8 nitrogen and oxygen atoms in total. The summed E-state index contributed by atoms with van der Waals surface area (Å²) in [5, 5.41) is 11.6. The topological polar surface area (TPSA) is 84.6 Å². The van der Waals surface area contributed by atoms with Gasteiger partial charge in [0, 0.05) is 25.4 Å². The van der Waals surface area contributed by atoms with Crippen LogP contribution in [0, 0.1) is 6.92 Å². The van der Waals surface area contributed by atoms with Gasteiger partial charge in [0.05, 0.1) is 35.6 Å². The molecule has 0 radical (unpaired) electrons. The summed E-state index contributed by atoms with van der Waals surface area (Å²) in [6, 6.07) is 5.38. The van der Waals surface area contributed by atoms with Crippen LogP contribution in [0.4, 0.5) is 5.69 Å². The molecule has 1 amide bonds. The lowest BCUT2D eigenvalue weighted by molar-refractivity contribution is 0.0930. The molecule has 1 fully saturated rings. The van der Waals surface area contributed by atoms with E-state index in [2.05, 4.69) is 25.4 Å². The lowest BCUT2D eigenvalue weighted by Gasteiger charge is -2.41. The van der Waals surface area contributed by atoms with Gasteiger partial charge in [0.2, 0.25) is 5.88 Å². The molecule has 0 unspecified atom stereocenters. The van der Waals surface area contributed by atoms with Crippen molar-refractivity contribution in [2.75, 3.05) is 25.1 Å². The van der Waals surface area contributed by atoms with E-state index in [1.807, 2.05) is 6.92 Å². The first kappa shape index (κ1) is 16.6. The highest BCUT2D eigenvalue weighted by Gasteiger charge is 2.30. The Morgan fingerprint density at radius 2 is 2.15 bits per heavy atom. The molecule has 0 aromatic carbocycles. The Labute approximate surface area is 154 Å². The molecule has 3 aromatic heterocycles. The summed E-state index contributed by atoms with van der Waals surface area (Å²) >= 11 is 6.21. The number of nitrogens with one attached hydrogen (secondary N) is 1. The number of hydrogen-bond donors (Lipinski definition) is 1. The first-order valence-corrected chi connectivity index (χ1v) is 8.49. The number of halogens is 1. The largest absolute Gasteiger partial charge is 0.481 e. The van der Waals surface area contributed by atoms with Crippen molar-refractivity contribution in [3.63, 3.8) is 0 Å². The molecule has 0 aliphatic carbocycles. The van der Waals surface area contributed by atoms with Crippen molar-refractivity contribution in [2.24, 2.45) is 0 Å². The molecule has 3 aromatic rings. The van der Waals surface area contributed by atoms with Crippen molar-refractivity contribution in [1.82, 2.24) is 24.9 Å². The Balaban J connectivity index is 1.41. The van der Waals surface area contributed by atoms with Gasteiger partial charge < -0.3 is 15.0 Å². The average Bonchev–Trinajstić information content (AvgIpc) is 2.99. The highest BCUT2D eigenvalue weighted by Crippen LogP contribution is 2.31. The van der Waals surface area contributed by atoms with Gasteiger partial charge in [-0.1, -0.05) is 11.6 Å². The molecule has 26 heavy (non-hydrogen) atoms. The number of carbonyl (C=O) groups excluding carboxylic acids is 1. The van der Waals surface area contributed by atoms with E-state index in [-0.39, 0.29) is 11.9 Å². The van der Waals surface area contributed by atoms with Crippen LogP contribution in [0.5, 0.6) is 5.88 Å². The number of carbonyl (C=O) groups is 1. The highest BCUT2D eigenvalue weighted by atomic mass is 35.5. The normalized spacial score (nSPS) is 14.3. The maximum absolute atomic E-state index is 12.5. The lowest BCUT2D eigenvalue weighted by Crippen LogP contribution is -2.59. The minimum atomic E-state index is -0.122. The Hall–Kier alpha value is -2.87. The van der Waals surface area contributed by atoms with Gasteiger partial charge in [0.15, 0.2) is 5.65 Å². The molecular weight excluding hydrogens is 356 g/mol. The molecule has 0 bridgehead atoms. The second-order valence-electron chi connectivity index (χ2n) is 6.15. The van der Waals surface area contributed by atoms with E-state index in [0.29, 0.717) is 29.6 Å². The summed E-state index contributed by atoms with van der Waals surface area (Å²) in [6.07, 6.45) is 3.32. The van der Waals surface area contributed by atoms with Gasteiger partial charge in [-0.2, -0.15) is 0 Å². The molecule has 134 valence electrons. The number of nitrogens with zero attached hydrogens (tertiary/aromatic N) is 5. The highest BCUT2D eigenvalue weighted by molar-refractivity contribution is 6.33. The number of ether oxygens (including phenoxy) is 1. The van der Waals surface area contributed by atoms with Crippen LogP contribution in [-0.4, -0.2) is 51.7 Å². The van der Waals surface area contributed by atoms with Crippen LogP contribution in [0.2, 0.25) is 5.02 Å². The summed E-state index contributed by atoms with van der Waals surface area (Å²) in [5.74, 6) is 1.13. The average molecular weight is 373 g/mol. The minimum absolute atomic E-state index is 0.0513. The SMILES string of the molecule is COc1cc(N2CC(NC(=O)c3ccc4nnc(C)n4c3)C2)c(Cl)cn1. The number of anilines is 1. The number of fused-ring (bicyclic) bond motifs is 1. The van der Waals surface area contributed by atoms with Crippen LogP contribution in [0.15, 0.2) is 30.6 Å². The van der Waals surface area contributed by atoms with Gasteiger partial charge in [0.25, 0.3) is 5.91 Å². The Kier molecular flexibility index (Phi) is 4.12. The molecular formula is C17H17ClN6O2. The van der Waals surface area contributed by atoms with Crippen LogP contribution in [-0.2, 0) is 0 Å². The predicted molar refractivity (Wildman–Crippen MR) is 97.0 cm³/mol. The maximum atomic E-state index is 12.5. The number of aromatic nitrogens is 4. The molecule has 9 heteroatoms. The Bertz CT molecular complexity index is 983. The van der Waals surface area contributed by atoms with Crippen LogP contribution in [0.25, 0.3) is 5.65 Å². The first-order valence-electron chi connectivity index (χ1n) is 8.12. The fourth-order valence-electron chi connectivity index (χ4n) is 2.94. The number of rotatable bonds is 4. The standard InChI is InChI=1S/C17H17ClN6O2/c1-10-21-22-15-4-3-11(7-24(10)15)17(25)20-12-8-23(9-12)14-5-16(26-2)19-6-13(14)18/h3-7,12H,8-9H2,1-2H3,(H,20,25). The zero-order valence-corrected chi connectivity index (χ0v) is 15.1. The summed E-state index contributed by atoms with van der Waals surface area (Å²) in [7, 11) is 1.56. The van der Waals surface area contributed by atoms with Crippen molar-refractivity contribution in [2.45, 2.75) is 13.0 Å². The third kappa shape index (κ3) is 2.92. The summed E-state index contributed by atoms with van der Waals surface area (Å²) in [4.78, 5) is 18.6. The summed E-state index contributed by atoms with van der Waals surface area (Å²) < 4.78 is 6.93. The van der Waals surface area contributed by atoms with E-state index in [0.717, 1.165) is 17.2 Å². The summed E-state index contributed by atoms with van der Waals surface area (Å²) in [6.45, 7) is 3.19. The number of hydrogen-bond acceptors (Lipinski definition) is 6. The van der Waals surface area contributed by atoms with E-state index in [9.17, 15) is 4.79 Å². The van der Waals surface area contributed by atoms with Crippen molar-refractivity contribution in [3.8, 4) is 5.88 Å². The predicted octanol–water partition coefficient (Wildman–Crippen LogP) is 1.71. The molecule has 0 spiro atoms. The van der Waals surface area contributed by atoms with Crippen LogP contribution >= 0.6 is 11.6 Å². The lowest BCUT2D eigenvalue weighted by atomic mass is 10.1. The maximum Gasteiger partial charge on any atom is 0.253 e. The van der Waals surface area contributed by atoms with Crippen molar-refractivity contribution in [3.05, 3.63) is 47.0 Å². The smallest absolute Gasteiger partial charge is 0.253 e. The van der Waals surface area contributed by atoms with E-state index in [1.54, 1.807) is 42.1 Å². The Morgan fingerprint density at radius 3 is 2.92 bits per heavy atom. The van der Waals surface area contributed by atoms with E-state index < -0.39 is 0 Å². The van der Waals surface area contributed by atoms with E-state index in [4.69, 9.17) is 16.3 Å². The zero-order chi connectivity index (χ0) is 18.3. The van der Waals surface area contributed by atoms with Crippen molar-refractivity contribution < 1.29 is 9.53 Å². The monoisotopic (exact) mass is 372 g/mol. The fraction of sp³-hybridized carbons (Fsp3) is 0.294. The third-order valence-electron chi connectivity index (χ3n) is 4.41. The first-order chi connectivity index (χ1) is 12.5. The number of pyridine rings is 2. The molecule has 0 saturated carbocycles. The van der Waals surface area contributed by atoms with Gasteiger partial charge >= 0.3 is 0 Å². The Morgan fingerprint density at radius 1 is 1.35 bits per heavy atom. The summed E-state index contributed by atoms with van der Waals surface area (Å²) in [5.41, 5.74) is 2.14. The van der Waals surface area contributed by atoms with Gasteiger partial charge in [-0.3, -0.25) is 9.20 Å². The van der Waals surface area contributed by atoms with Gasteiger partial charge in [-0.05, 0) is 19.1 Å².